The van der Waals surface area contributed by atoms with E-state index >= 15 is 0 Å². The summed E-state index contributed by atoms with van der Waals surface area (Å²) in [6, 6.07) is 2.20. The molecule has 3 heterocycles. The van der Waals surface area contributed by atoms with Crippen LogP contribution in [0.4, 0.5) is 20.4 Å². The Kier molecular flexibility index (Phi) is 5.88. The Morgan fingerprint density at radius 2 is 1.78 bits per heavy atom. The number of aromatic amines is 1. The van der Waals surface area contributed by atoms with Gasteiger partial charge in [0.05, 0.1) is 0 Å². The molecule has 0 atom stereocenters. The smallest absolute Gasteiger partial charge is 0.302 e. The largest absolute Gasteiger partial charge is 0.490 e. The van der Waals surface area contributed by atoms with Crippen molar-refractivity contribution < 1.29 is 23.0 Å². The Morgan fingerprint density at radius 1 is 1.12 bits per heavy atom. The molecule has 0 saturated carbocycles. The third-order valence-electron chi connectivity index (χ3n) is 4.99. The van der Waals surface area contributed by atoms with E-state index in [9.17, 15) is 18.4 Å². The van der Waals surface area contributed by atoms with Crippen molar-refractivity contribution in [3.63, 3.8) is 0 Å². The number of nitrogens with one attached hydrogen (secondary N) is 1. The van der Waals surface area contributed by atoms with Crippen molar-refractivity contribution in [1.82, 2.24) is 25.0 Å². The van der Waals surface area contributed by atoms with Gasteiger partial charge in [0.15, 0.2) is 22.8 Å². The molecule has 2 aromatic heterocycles. The van der Waals surface area contributed by atoms with Crippen LogP contribution in [0.3, 0.4) is 0 Å². The Labute approximate surface area is 180 Å². The molecule has 13 heteroatoms. The first-order chi connectivity index (χ1) is 15.3. The highest BCUT2D eigenvalue weighted by Gasteiger charge is 2.25. The first-order valence-electron chi connectivity index (χ1n) is 9.88. The maximum atomic E-state index is 14.7. The van der Waals surface area contributed by atoms with Crippen LogP contribution in [0.25, 0.3) is 11.2 Å². The molecule has 1 aromatic carbocycles. The number of aryl methyl sites for hydroxylation is 1. The normalized spacial score (nSPS) is 14.1. The van der Waals surface area contributed by atoms with E-state index in [0.29, 0.717) is 37.8 Å². The predicted octanol–water partition coefficient (Wildman–Crippen LogP) is 0.598. The van der Waals surface area contributed by atoms with Gasteiger partial charge in [-0.2, -0.15) is 4.98 Å². The number of hydrogen-bond donors (Lipinski definition) is 1. The molecule has 1 N–H and O–H groups in total. The number of aromatic nitrogens is 5. The summed E-state index contributed by atoms with van der Waals surface area (Å²) in [5.41, 5.74) is -0.0478. The summed E-state index contributed by atoms with van der Waals surface area (Å²) in [4.78, 5) is 33.4. The topological polar surface area (TPSA) is 118 Å². The van der Waals surface area contributed by atoms with Gasteiger partial charge in [0.2, 0.25) is 5.95 Å². The lowest BCUT2D eigenvalue weighted by atomic mass is 10.2. The molecular weight excluding hydrogens is 428 g/mol. The van der Waals surface area contributed by atoms with Gasteiger partial charge in [-0.1, -0.05) is 5.21 Å². The number of piperazine rings is 1. The number of fused-ring (bicyclic) bond motifs is 1. The van der Waals surface area contributed by atoms with Gasteiger partial charge in [-0.25, -0.2) is 13.5 Å². The van der Waals surface area contributed by atoms with Gasteiger partial charge >= 0.3 is 5.97 Å². The van der Waals surface area contributed by atoms with Gasteiger partial charge in [-0.05, 0) is 0 Å². The van der Waals surface area contributed by atoms with Crippen LogP contribution < -0.4 is 20.1 Å². The van der Waals surface area contributed by atoms with Crippen molar-refractivity contribution in [3.8, 4) is 5.75 Å². The highest BCUT2D eigenvalue weighted by molar-refractivity contribution is 5.69. The Bertz CT molecular complexity index is 1180. The summed E-state index contributed by atoms with van der Waals surface area (Å²) in [7, 11) is 1.64. The van der Waals surface area contributed by atoms with Crippen molar-refractivity contribution in [2.24, 2.45) is 7.05 Å². The number of halogens is 2. The zero-order chi connectivity index (χ0) is 22.8. The number of nitrogens with zero attached hydrogens (tertiary/aromatic N) is 6. The number of H-pyrrole nitrogens is 1. The first-order valence-corrected chi connectivity index (χ1v) is 9.88. The van der Waals surface area contributed by atoms with Crippen molar-refractivity contribution in [2.45, 2.75) is 6.92 Å². The van der Waals surface area contributed by atoms with E-state index in [2.05, 4.69) is 20.3 Å². The van der Waals surface area contributed by atoms with Crippen LogP contribution in [0.2, 0.25) is 0 Å². The van der Waals surface area contributed by atoms with E-state index in [-0.39, 0.29) is 30.2 Å². The van der Waals surface area contributed by atoms with Crippen molar-refractivity contribution in [3.05, 3.63) is 34.1 Å². The third-order valence-corrected chi connectivity index (χ3v) is 4.99. The molecule has 3 aromatic rings. The number of carbonyl (C=O) groups excluding carboxylic acids is 1. The molecule has 0 aliphatic carbocycles. The lowest BCUT2D eigenvalue weighted by molar-refractivity contribution is -0.141. The maximum absolute atomic E-state index is 14.7. The number of esters is 1. The highest BCUT2D eigenvalue weighted by Crippen LogP contribution is 2.29. The fourth-order valence-electron chi connectivity index (χ4n) is 3.48. The van der Waals surface area contributed by atoms with Crippen molar-refractivity contribution in [2.75, 3.05) is 49.2 Å². The molecule has 0 radical (unpaired) electrons. The van der Waals surface area contributed by atoms with Crippen LogP contribution in [0.15, 0.2) is 16.9 Å². The summed E-state index contributed by atoms with van der Waals surface area (Å²) < 4.78 is 40.7. The van der Waals surface area contributed by atoms with E-state index in [1.54, 1.807) is 11.9 Å². The van der Waals surface area contributed by atoms with Gasteiger partial charge in [-0.3, -0.25) is 14.6 Å². The van der Waals surface area contributed by atoms with Gasteiger partial charge in [0.1, 0.15) is 24.7 Å². The van der Waals surface area contributed by atoms with E-state index in [1.165, 1.54) is 11.6 Å². The van der Waals surface area contributed by atoms with Crippen molar-refractivity contribution >= 4 is 28.8 Å². The lowest BCUT2D eigenvalue weighted by Gasteiger charge is -2.36. The van der Waals surface area contributed by atoms with E-state index in [0.717, 1.165) is 12.1 Å². The Balaban J connectivity index is 1.43. The molecule has 170 valence electrons. The second kappa shape index (κ2) is 8.77. The second-order valence-electron chi connectivity index (χ2n) is 7.17. The maximum Gasteiger partial charge on any atom is 0.302 e. The highest BCUT2D eigenvalue weighted by atomic mass is 19.1. The molecule has 1 saturated heterocycles. The summed E-state index contributed by atoms with van der Waals surface area (Å²) >= 11 is 0. The SMILES string of the molecule is CC(=O)OCCOc1cc(F)c(N2CCN(c3nc4c(nnn4C)c(=O)[nH]3)CC2)c(F)c1. The minimum Gasteiger partial charge on any atom is -0.490 e. The molecule has 11 nitrogen and oxygen atoms in total. The number of benzene rings is 1. The number of hydrogen-bond acceptors (Lipinski definition) is 9. The summed E-state index contributed by atoms with van der Waals surface area (Å²) in [6.45, 7) is 2.63. The fraction of sp³-hybridized carbons (Fsp3) is 0.421. The molecule has 32 heavy (non-hydrogen) atoms. The van der Waals surface area contributed by atoms with Gasteiger partial charge in [0, 0.05) is 52.3 Å². The standard InChI is InChI=1S/C19H21F2N7O4/c1-11(29)31-7-8-32-12-9-13(20)16(14(21)10-12)27-3-5-28(6-4-27)19-22-17-15(18(30)23-19)24-25-26(17)2/h9-10H,3-8H2,1-2H3,(H,22,23,30). The molecule has 1 aliphatic heterocycles. The summed E-state index contributed by atoms with van der Waals surface area (Å²) in [6.07, 6.45) is 0. The zero-order valence-electron chi connectivity index (χ0n) is 17.5. The number of anilines is 2. The minimum atomic E-state index is -0.755. The monoisotopic (exact) mass is 449 g/mol. The summed E-state index contributed by atoms with van der Waals surface area (Å²) in [5.74, 6) is -1.61. The van der Waals surface area contributed by atoms with Gasteiger partial charge < -0.3 is 19.3 Å². The first kappa shape index (κ1) is 21.5. The van der Waals surface area contributed by atoms with Crippen LogP contribution in [-0.2, 0) is 16.6 Å². The molecule has 1 fully saturated rings. The van der Waals surface area contributed by atoms with Crippen LogP contribution in [0.1, 0.15) is 6.92 Å². The van der Waals surface area contributed by atoms with Crippen LogP contribution in [0.5, 0.6) is 5.75 Å². The second-order valence-corrected chi connectivity index (χ2v) is 7.17. The van der Waals surface area contributed by atoms with Crippen LogP contribution in [-0.4, -0.2) is 70.3 Å². The molecule has 0 spiro atoms. The minimum absolute atomic E-state index is 0.00871. The van der Waals surface area contributed by atoms with E-state index < -0.39 is 23.2 Å². The van der Waals surface area contributed by atoms with E-state index in [4.69, 9.17) is 9.47 Å². The van der Waals surface area contributed by atoms with Crippen LogP contribution in [0, 0.1) is 11.6 Å². The molecule has 0 bridgehead atoms. The predicted molar refractivity (Wildman–Crippen MR) is 110 cm³/mol. The van der Waals surface area contributed by atoms with Crippen LogP contribution >= 0.6 is 0 Å². The quantitative estimate of drug-likeness (QED) is 0.426. The third kappa shape index (κ3) is 4.31. The van der Waals surface area contributed by atoms with E-state index in [1.807, 2.05) is 4.90 Å². The average molecular weight is 449 g/mol. The molecular formula is C19H21F2N7O4. The lowest BCUT2D eigenvalue weighted by Crippen LogP contribution is -2.48. The number of ether oxygens (including phenoxy) is 2. The van der Waals surface area contributed by atoms with Gasteiger partial charge in [-0.15, -0.1) is 5.10 Å². The summed E-state index contributed by atoms with van der Waals surface area (Å²) in [5, 5.41) is 7.57. The number of carbonyl (C=O) groups is 1. The molecule has 1 aliphatic rings. The average Bonchev–Trinajstić information content (AvgIpc) is 3.12. The molecule has 4 rings (SSSR count). The number of rotatable bonds is 6. The van der Waals surface area contributed by atoms with Gasteiger partial charge in [0.25, 0.3) is 5.56 Å². The Morgan fingerprint density at radius 3 is 2.44 bits per heavy atom. The van der Waals surface area contributed by atoms with Crippen molar-refractivity contribution in [1.29, 1.82) is 0 Å². The Hall–Kier alpha value is -3.77. The fourth-order valence-corrected chi connectivity index (χ4v) is 3.48. The zero-order valence-corrected chi connectivity index (χ0v) is 17.5. The molecule has 0 amide bonds. The molecule has 0 unspecified atom stereocenters.